The maximum Gasteiger partial charge on any atom is 0.265 e. The largest absolute Gasteiger partial charge is 0.497 e. The van der Waals surface area contributed by atoms with Gasteiger partial charge in [0, 0.05) is 19.2 Å². The summed E-state index contributed by atoms with van der Waals surface area (Å²) in [5.41, 5.74) is 0.664. The molecule has 2 aromatic rings. The van der Waals surface area contributed by atoms with Crippen LogP contribution in [0.2, 0.25) is 0 Å². The van der Waals surface area contributed by atoms with Gasteiger partial charge in [-0.15, -0.1) is 0 Å². The van der Waals surface area contributed by atoms with Crippen molar-refractivity contribution >= 4 is 11.6 Å². The molecule has 0 aliphatic heterocycles. The van der Waals surface area contributed by atoms with Gasteiger partial charge in [-0.25, -0.2) is 0 Å². The van der Waals surface area contributed by atoms with E-state index in [9.17, 15) is 4.79 Å². The maximum absolute atomic E-state index is 13.3. The number of amides is 1. The summed E-state index contributed by atoms with van der Waals surface area (Å²) in [5.74, 6) is 2.52. The highest BCUT2D eigenvalue weighted by Crippen LogP contribution is 2.32. The maximum atomic E-state index is 13.3. The third kappa shape index (κ3) is 8.17. The molecule has 0 spiro atoms. The number of ether oxygens (including phenoxy) is 4. The Morgan fingerprint density at radius 2 is 1.45 bits per heavy atom. The zero-order valence-electron chi connectivity index (χ0n) is 20.6. The van der Waals surface area contributed by atoms with Crippen LogP contribution in [0.25, 0.3) is 0 Å². The summed E-state index contributed by atoms with van der Waals surface area (Å²) < 4.78 is 22.4. The van der Waals surface area contributed by atoms with Crippen LogP contribution in [-0.4, -0.2) is 64.4 Å². The second kappa shape index (κ2) is 14.3. The molecule has 0 saturated carbocycles. The van der Waals surface area contributed by atoms with Gasteiger partial charge >= 0.3 is 0 Å². The lowest BCUT2D eigenvalue weighted by Crippen LogP contribution is -2.41. The van der Waals surface area contributed by atoms with Crippen molar-refractivity contribution in [3.05, 3.63) is 42.5 Å². The van der Waals surface area contributed by atoms with Crippen LogP contribution < -0.4 is 23.8 Å². The molecule has 2 aromatic carbocycles. The summed E-state index contributed by atoms with van der Waals surface area (Å²) in [7, 11) is 3.20. The number of carbonyl (C=O) groups excluding carboxylic acids is 1. The second-order valence-corrected chi connectivity index (χ2v) is 7.57. The van der Waals surface area contributed by atoms with Gasteiger partial charge in [-0.1, -0.05) is 27.2 Å². The molecule has 0 heterocycles. The monoisotopic (exact) mass is 458 g/mol. The van der Waals surface area contributed by atoms with Crippen LogP contribution in [0.5, 0.6) is 23.0 Å². The zero-order chi connectivity index (χ0) is 24.1. The van der Waals surface area contributed by atoms with Gasteiger partial charge in [-0.3, -0.25) is 4.79 Å². The highest BCUT2D eigenvalue weighted by atomic mass is 16.5. The molecule has 0 atom stereocenters. The number of hydrogen-bond donors (Lipinski definition) is 0. The van der Waals surface area contributed by atoms with Gasteiger partial charge in [0.15, 0.2) is 6.61 Å². The Morgan fingerprint density at radius 1 is 0.818 bits per heavy atom. The van der Waals surface area contributed by atoms with Gasteiger partial charge < -0.3 is 28.7 Å². The summed E-state index contributed by atoms with van der Waals surface area (Å²) in [6.45, 7) is 10.0. The van der Waals surface area contributed by atoms with Crippen molar-refractivity contribution < 1.29 is 23.7 Å². The lowest BCUT2D eigenvalue weighted by molar-refractivity contribution is -0.120. The zero-order valence-corrected chi connectivity index (χ0v) is 20.6. The average molecular weight is 459 g/mol. The van der Waals surface area contributed by atoms with Gasteiger partial charge in [0.05, 0.1) is 26.5 Å². The van der Waals surface area contributed by atoms with E-state index in [2.05, 4.69) is 25.7 Å². The van der Waals surface area contributed by atoms with Crippen molar-refractivity contribution in [3.63, 3.8) is 0 Å². The average Bonchev–Trinajstić information content (AvgIpc) is 2.86. The summed E-state index contributed by atoms with van der Waals surface area (Å²) in [6, 6.07) is 12.8. The number of likely N-dealkylation sites (N-methyl/N-ethyl adjacent to an activating group) is 1. The fraction of sp³-hybridized carbons (Fsp3) is 0.500. The van der Waals surface area contributed by atoms with E-state index in [1.807, 2.05) is 42.5 Å². The van der Waals surface area contributed by atoms with Crippen molar-refractivity contribution in [2.75, 3.05) is 58.5 Å². The highest BCUT2D eigenvalue weighted by Gasteiger charge is 2.21. The third-order valence-corrected chi connectivity index (χ3v) is 5.46. The van der Waals surface area contributed by atoms with E-state index in [1.165, 1.54) is 0 Å². The Bertz CT molecular complexity index is 837. The van der Waals surface area contributed by atoms with Crippen LogP contribution in [0.1, 0.15) is 33.6 Å². The van der Waals surface area contributed by atoms with Crippen molar-refractivity contribution in [2.24, 2.45) is 0 Å². The lowest BCUT2D eigenvalue weighted by Gasteiger charge is -2.28. The molecule has 33 heavy (non-hydrogen) atoms. The molecule has 0 aliphatic carbocycles. The SMILES string of the molecule is CCCCOc1ccc(OCC(=O)N(CCN(CC)CC)c2cc(OC)ccc2OC)cc1. The van der Waals surface area contributed by atoms with Gasteiger partial charge in [0.2, 0.25) is 0 Å². The third-order valence-electron chi connectivity index (χ3n) is 5.46. The van der Waals surface area contributed by atoms with Crippen LogP contribution in [0, 0.1) is 0 Å². The smallest absolute Gasteiger partial charge is 0.265 e. The van der Waals surface area contributed by atoms with Crippen molar-refractivity contribution in [1.82, 2.24) is 4.90 Å². The fourth-order valence-electron chi connectivity index (χ4n) is 3.36. The predicted octanol–water partition coefficient (Wildman–Crippen LogP) is 4.64. The molecule has 0 aromatic heterocycles. The first-order valence-corrected chi connectivity index (χ1v) is 11.7. The summed E-state index contributed by atoms with van der Waals surface area (Å²) in [6.07, 6.45) is 2.11. The standard InChI is InChI=1S/C26H38N2O5/c1-6-9-18-32-21-10-12-22(13-11-21)33-20-26(29)28(17-16-27(7-2)8-3)24-19-23(30-4)14-15-25(24)31-5/h10-15,19H,6-9,16-18,20H2,1-5H3. The van der Waals surface area contributed by atoms with Crippen LogP contribution in [0.3, 0.4) is 0 Å². The predicted molar refractivity (Wildman–Crippen MR) is 132 cm³/mol. The molecular weight excluding hydrogens is 420 g/mol. The Hall–Kier alpha value is -2.93. The molecule has 0 unspecified atom stereocenters. The topological polar surface area (TPSA) is 60.5 Å². The van der Waals surface area contributed by atoms with Crippen molar-refractivity contribution in [2.45, 2.75) is 33.6 Å². The van der Waals surface area contributed by atoms with E-state index in [-0.39, 0.29) is 12.5 Å². The second-order valence-electron chi connectivity index (χ2n) is 7.57. The number of carbonyl (C=O) groups is 1. The van der Waals surface area contributed by atoms with Gasteiger partial charge in [-0.2, -0.15) is 0 Å². The Labute approximate surface area is 198 Å². The van der Waals surface area contributed by atoms with Crippen LogP contribution in [0.15, 0.2) is 42.5 Å². The summed E-state index contributed by atoms with van der Waals surface area (Å²) >= 11 is 0. The van der Waals surface area contributed by atoms with E-state index in [4.69, 9.17) is 18.9 Å². The highest BCUT2D eigenvalue weighted by molar-refractivity contribution is 5.96. The first kappa shape index (κ1) is 26.3. The van der Waals surface area contributed by atoms with Crippen LogP contribution in [0.4, 0.5) is 5.69 Å². The minimum absolute atomic E-state index is 0.0886. The number of benzene rings is 2. The summed E-state index contributed by atoms with van der Waals surface area (Å²) in [4.78, 5) is 17.3. The molecule has 0 bridgehead atoms. The lowest BCUT2D eigenvalue weighted by atomic mass is 10.2. The molecule has 182 valence electrons. The molecular formula is C26H38N2O5. The van der Waals surface area contributed by atoms with E-state index in [1.54, 1.807) is 19.1 Å². The van der Waals surface area contributed by atoms with Crippen molar-refractivity contribution in [3.8, 4) is 23.0 Å². The number of unbranched alkanes of at least 4 members (excludes halogenated alkanes) is 1. The minimum Gasteiger partial charge on any atom is -0.497 e. The van der Waals surface area contributed by atoms with Gasteiger partial charge in [0.25, 0.3) is 5.91 Å². The molecule has 0 N–H and O–H groups in total. The first-order valence-electron chi connectivity index (χ1n) is 11.7. The molecule has 7 heteroatoms. The van der Waals surface area contributed by atoms with E-state index >= 15 is 0 Å². The van der Waals surface area contributed by atoms with E-state index in [0.717, 1.165) is 38.2 Å². The molecule has 7 nitrogen and oxygen atoms in total. The first-order chi connectivity index (χ1) is 16.1. The summed E-state index contributed by atoms with van der Waals surface area (Å²) in [5, 5.41) is 0. The Morgan fingerprint density at radius 3 is 2.03 bits per heavy atom. The molecule has 0 saturated heterocycles. The van der Waals surface area contributed by atoms with Gasteiger partial charge in [-0.05, 0) is 55.9 Å². The Kier molecular flexibility index (Phi) is 11.4. The number of nitrogens with zero attached hydrogens (tertiary/aromatic N) is 2. The molecule has 0 radical (unpaired) electrons. The molecule has 0 fully saturated rings. The number of rotatable bonds is 15. The van der Waals surface area contributed by atoms with Crippen LogP contribution in [-0.2, 0) is 4.79 Å². The Balaban J connectivity index is 2.13. The van der Waals surface area contributed by atoms with E-state index < -0.39 is 0 Å². The van der Waals surface area contributed by atoms with Gasteiger partial charge in [0.1, 0.15) is 23.0 Å². The van der Waals surface area contributed by atoms with Crippen molar-refractivity contribution in [1.29, 1.82) is 0 Å². The molecule has 2 rings (SSSR count). The van der Waals surface area contributed by atoms with E-state index in [0.29, 0.717) is 36.1 Å². The molecule has 0 aliphatic rings. The van der Waals surface area contributed by atoms with Crippen LogP contribution >= 0.6 is 0 Å². The number of anilines is 1. The fourth-order valence-corrected chi connectivity index (χ4v) is 3.36. The normalized spacial score (nSPS) is 10.7. The number of methoxy groups -OCH3 is 2. The number of hydrogen-bond acceptors (Lipinski definition) is 6. The quantitative estimate of drug-likeness (QED) is 0.363. The minimum atomic E-state index is -0.156. The molecule has 1 amide bonds.